The van der Waals surface area contributed by atoms with Gasteiger partial charge in [-0.05, 0) is 17.7 Å². The zero-order chi connectivity index (χ0) is 8.97. The van der Waals surface area contributed by atoms with E-state index in [0.717, 1.165) is 10.0 Å². The van der Waals surface area contributed by atoms with Crippen LogP contribution in [0.15, 0.2) is 28.7 Å². The largest absolute Gasteiger partial charge is 0.387 e. The first-order valence-corrected chi connectivity index (χ1v) is 4.40. The number of aliphatic hydroxyl groups excluding tert-OH is 1. The minimum Gasteiger partial charge on any atom is -0.387 e. The lowest BCUT2D eigenvalue weighted by Gasteiger charge is -2.06. The van der Waals surface area contributed by atoms with Gasteiger partial charge in [0.05, 0.1) is 6.10 Å². The second-order valence-corrected chi connectivity index (χ2v) is 3.39. The molecule has 0 aromatic heterocycles. The van der Waals surface area contributed by atoms with Crippen LogP contribution >= 0.6 is 15.9 Å². The van der Waals surface area contributed by atoms with Crippen LogP contribution in [0, 0.1) is 12.3 Å². The van der Waals surface area contributed by atoms with Gasteiger partial charge in [0.15, 0.2) is 0 Å². The minimum atomic E-state index is -0.539. The summed E-state index contributed by atoms with van der Waals surface area (Å²) in [6.45, 7) is 0. The van der Waals surface area contributed by atoms with Gasteiger partial charge >= 0.3 is 0 Å². The molecule has 0 aliphatic rings. The normalized spacial score (nSPS) is 12.1. The van der Waals surface area contributed by atoms with E-state index in [1.165, 1.54) is 0 Å². The molecule has 0 fully saturated rings. The van der Waals surface area contributed by atoms with E-state index < -0.39 is 6.10 Å². The fourth-order valence-corrected chi connectivity index (χ4v) is 1.18. The van der Waals surface area contributed by atoms with Gasteiger partial charge < -0.3 is 5.11 Å². The molecule has 0 aliphatic heterocycles. The van der Waals surface area contributed by atoms with E-state index in [1.54, 1.807) is 0 Å². The summed E-state index contributed by atoms with van der Waals surface area (Å²) in [7, 11) is 0. The van der Waals surface area contributed by atoms with Gasteiger partial charge in [-0.25, -0.2) is 0 Å². The Kier molecular flexibility index (Phi) is 3.33. The van der Waals surface area contributed by atoms with Gasteiger partial charge in [-0.1, -0.05) is 28.1 Å². The van der Waals surface area contributed by atoms with Crippen LogP contribution in [-0.2, 0) is 0 Å². The number of aliphatic hydroxyl groups is 1. The lowest BCUT2D eigenvalue weighted by molar-refractivity contribution is 0.184. The summed E-state index contributed by atoms with van der Waals surface area (Å²) in [5.41, 5.74) is 0.858. The summed E-state index contributed by atoms with van der Waals surface area (Å²) in [4.78, 5) is 0. The number of benzene rings is 1. The molecule has 1 unspecified atom stereocenters. The van der Waals surface area contributed by atoms with Gasteiger partial charge in [0, 0.05) is 10.9 Å². The summed E-state index contributed by atoms with van der Waals surface area (Å²) in [5, 5.41) is 9.45. The highest BCUT2D eigenvalue weighted by molar-refractivity contribution is 9.10. The van der Waals surface area contributed by atoms with Crippen LogP contribution in [0.3, 0.4) is 0 Å². The molecule has 1 aromatic carbocycles. The van der Waals surface area contributed by atoms with Gasteiger partial charge in [0.1, 0.15) is 0 Å². The monoisotopic (exact) mass is 224 g/mol. The molecular weight excluding hydrogens is 216 g/mol. The minimum absolute atomic E-state index is 0.363. The molecule has 12 heavy (non-hydrogen) atoms. The third-order valence-electron chi connectivity index (χ3n) is 1.57. The zero-order valence-electron chi connectivity index (χ0n) is 6.50. The van der Waals surface area contributed by atoms with Crippen LogP contribution < -0.4 is 0 Å². The maximum atomic E-state index is 9.45. The fourth-order valence-electron chi connectivity index (χ4n) is 0.914. The van der Waals surface area contributed by atoms with Crippen molar-refractivity contribution in [2.24, 2.45) is 0 Å². The number of terminal acetylenes is 1. The number of hydrogen-bond donors (Lipinski definition) is 1. The van der Waals surface area contributed by atoms with Gasteiger partial charge in [-0.15, -0.1) is 12.3 Å². The molecule has 0 saturated carbocycles. The van der Waals surface area contributed by atoms with Crippen LogP contribution in [-0.4, -0.2) is 5.11 Å². The first-order chi connectivity index (χ1) is 5.74. The van der Waals surface area contributed by atoms with Crippen LogP contribution in [0.25, 0.3) is 0 Å². The number of rotatable bonds is 2. The molecule has 1 rings (SSSR count). The third-order valence-corrected chi connectivity index (χ3v) is 2.09. The van der Waals surface area contributed by atoms with E-state index in [-0.39, 0.29) is 0 Å². The van der Waals surface area contributed by atoms with E-state index in [9.17, 15) is 5.11 Å². The molecule has 1 N–H and O–H groups in total. The molecule has 0 radical (unpaired) electrons. The Hall–Kier alpha value is -0.780. The van der Waals surface area contributed by atoms with Crippen LogP contribution in [0.4, 0.5) is 0 Å². The highest BCUT2D eigenvalue weighted by Gasteiger charge is 2.03. The maximum absolute atomic E-state index is 9.45. The van der Waals surface area contributed by atoms with E-state index in [1.807, 2.05) is 24.3 Å². The molecule has 62 valence electrons. The summed E-state index contributed by atoms with van der Waals surface area (Å²) < 4.78 is 0.999. The summed E-state index contributed by atoms with van der Waals surface area (Å²) >= 11 is 3.31. The molecular formula is C10H9BrO. The molecule has 0 heterocycles. The second kappa shape index (κ2) is 4.30. The molecule has 1 aromatic rings. The van der Waals surface area contributed by atoms with E-state index >= 15 is 0 Å². The molecule has 0 bridgehead atoms. The highest BCUT2D eigenvalue weighted by Crippen LogP contribution is 2.18. The average molecular weight is 225 g/mol. The summed E-state index contributed by atoms with van der Waals surface area (Å²) in [6, 6.07) is 7.47. The van der Waals surface area contributed by atoms with Crippen LogP contribution in [0.1, 0.15) is 18.1 Å². The van der Waals surface area contributed by atoms with Gasteiger partial charge in [0.25, 0.3) is 0 Å². The first-order valence-electron chi connectivity index (χ1n) is 3.61. The lowest BCUT2D eigenvalue weighted by atomic mass is 10.1. The predicted molar refractivity (Wildman–Crippen MR) is 52.6 cm³/mol. The van der Waals surface area contributed by atoms with Crippen LogP contribution in [0.5, 0.6) is 0 Å². The van der Waals surface area contributed by atoms with E-state index in [4.69, 9.17) is 6.42 Å². The molecule has 0 amide bonds. The Balaban J connectivity index is 2.76. The Labute approximate surface area is 80.6 Å². The first kappa shape index (κ1) is 9.31. The Bertz CT molecular complexity index is 284. The standard InChI is InChI=1S/C10H9BrO/c1-2-3-10(12)8-4-6-9(11)7-5-8/h1,4-7,10,12H,3H2. The lowest BCUT2D eigenvalue weighted by Crippen LogP contribution is -1.94. The fraction of sp³-hybridized carbons (Fsp3) is 0.200. The van der Waals surface area contributed by atoms with Crippen molar-refractivity contribution in [2.45, 2.75) is 12.5 Å². The average Bonchev–Trinajstić information content (AvgIpc) is 2.06. The van der Waals surface area contributed by atoms with Crippen molar-refractivity contribution in [3.8, 4) is 12.3 Å². The van der Waals surface area contributed by atoms with Crippen molar-refractivity contribution in [1.29, 1.82) is 0 Å². The molecule has 1 nitrogen and oxygen atoms in total. The van der Waals surface area contributed by atoms with Crippen molar-refractivity contribution in [3.63, 3.8) is 0 Å². The third kappa shape index (κ3) is 2.37. The molecule has 0 aliphatic carbocycles. The molecule has 1 atom stereocenters. The van der Waals surface area contributed by atoms with Gasteiger partial charge in [-0.2, -0.15) is 0 Å². The number of halogens is 1. The second-order valence-electron chi connectivity index (χ2n) is 2.48. The quantitative estimate of drug-likeness (QED) is 0.766. The molecule has 2 heteroatoms. The van der Waals surface area contributed by atoms with Crippen molar-refractivity contribution in [2.75, 3.05) is 0 Å². The summed E-state index contributed by atoms with van der Waals surface area (Å²) in [5.74, 6) is 2.42. The van der Waals surface area contributed by atoms with Gasteiger partial charge in [-0.3, -0.25) is 0 Å². The smallest absolute Gasteiger partial charge is 0.0899 e. The Morgan fingerprint density at radius 2 is 2.00 bits per heavy atom. The molecule has 0 spiro atoms. The predicted octanol–water partition coefficient (Wildman–Crippen LogP) is 2.51. The summed E-state index contributed by atoms with van der Waals surface area (Å²) in [6.07, 6.45) is 4.90. The van der Waals surface area contributed by atoms with Crippen molar-refractivity contribution in [1.82, 2.24) is 0 Å². The van der Waals surface area contributed by atoms with Gasteiger partial charge in [0.2, 0.25) is 0 Å². The van der Waals surface area contributed by atoms with Crippen molar-refractivity contribution in [3.05, 3.63) is 34.3 Å². The maximum Gasteiger partial charge on any atom is 0.0899 e. The highest BCUT2D eigenvalue weighted by atomic mass is 79.9. The van der Waals surface area contributed by atoms with Crippen molar-refractivity contribution < 1.29 is 5.11 Å². The SMILES string of the molecule is C#CCC(O)c1ccc(Br)cc1. The van der Waals surface area contributed by atoms with E-state index in [0.29, 0.717) is 6.42 Å². The van der Waals surface area contributed by atoms with Crippen LogP contribution in [0.2, 0.25) is 0 Å². The number of hydrogen-bond acceptors (Lipinski definition) is 1. The Morgan fingerprint density at radius 3 is 2.50 bits per heavy atom. The topological polar surface area (TPSA) is 20.2 Å². The zero-order valence-corrected chi connectivity index (χ0v) is 8.08. The Morgan fingerprint density at radius 1 is 1.42 bits per heavy atom. The van der Waals surface area contributed by atoms with Crippen molar-refractivity contribution >= 4 is 15.9 Å². The van der Waals surface area contributed by atoms with E-state index in [2.05, 4.69) is 21.9 Å². The molecule has 0 saturated heterocycles.